The monoisotopic (exact) mass is 833 g/mol. The minimum atomic E-state index is -0.864. The van der Waals surface area contributed by atoms with Gasteiger partial charge in [-0.05, 0) is 70.6 Å². The van der Waals surface area contributed by atoms with Crippen molar-refractivity contribution in [3.63, 3.8) is 0 Å². The van der Waals surface area contributed by atoms with Crippen LogP contribution >= 0.6 is 0 Å². The lowest BCUT2D eigenvalue weighted by atomic mass is 10.1. The van der Waals surface area contributed by atoms with Gasteiger partial charge in [-0.3, -0.25) is 14.4 Å². The first kappa shape index (κ1) is 55.5. The normalized spacial score (nSPS) is 13.8. The van der Waals surface area contributed by atoms with Crippen molar-refractivity contribution in [2.24, 2.45) is 0 Å². The average molecular weight is 833 g/mol. The van der Waals surface area contributed by atoms with Crippen LogP contribution in [-0.2, 0) is 28.6 Å². The Bertz CT molecular complexity index is 1560. The van der Waals surface area contributed by atoms with Gasteiger partial charge in [0.2, 0.25) is 0 Å². The summed E-state index contributed by atoms with van der Waals surface area (Å²) in [5.41, 5.74) is 0. The zero-order chi connectivity index (χ0) is 44.4. The molecule has 0 aliphatic rings. The van der Waals surface area contributed by atoms with Crippen LogP contribution in [-0.4, -0.2) is 37.2 Å². The molecule has 61 heavy (non-hydrogen) atoms. The highest BCUT2D eigenvalue weighted by molar-refractivity contribution is 5.72. The van der Waals surface area contributed by atoms with Crippen molar-refractivity contribution in [2.45, 2.75) is 130 Å². The smallest absolute Gasteiger partial charge is 0.309 e. The molecule has 6 nitrogen and oxygen atoms in total. The van der Waals surface area contributed by atoms with Gasteiger partial charge in [0.15, 0.2) is 6.10 Å². The van der Waals surface area contributed by atoms with E-state index in [1.807, 2.05) is 128 Å². The zero-order valence-electron chi connectivity index (χ0n) is 37.6. The number of ether oxygens (including phenoxy) is 3. The summed E-state index contributed by atoms with van der Waals surface area (Å²) in [6, 6.07) is 0. The van der Waals surface area contributed by atoms with Gasteiger partial charge in [0.05, 0.1) is 6.42 Å². The van der Waals surface area contributed by atoms with Crippen LogP contribution in [0.5, 0.6) is 0 Å². The van der Waals surface area contributed by atoms with Gasteiger partial charge in [0, 0.05) is 12.8 Å². The summed E-state index contributed by atoms with van der Waals surface area (Å²) in [5, 5.41) is 0. The Hall–Kier alpha value is -5.49. The molecule has 0 radical (unpaired) electrons. The Morgan fingerprint density at radius 2 is 0.721 bits per heavy atom. The third-order valence-electron chi connectivity index (χ3n) is 8.24. The molecule has 0 heterocycles. The maximum atomic E-state index is 12.7. The van der Waals surface area contributed by atoms with Gasteiger partial charge < -0.3 is 14.2 Å². The van der Waals surface area contributed by atoms with E-state index in [4.69, 9.17) is 14.2 Å². The number of hydrogen-bond donors (Lipinski definition) is 0. The van der Waals surface area contributed by atoms with Crippen molar-refractivity contribution in [1.82, 2.24) is 0 Å². The second kappa shape index (κ2) is 47.2. The Balaban J connectivity index is 4.66. The number of allylic oxidation sites excluding steroid dienone is 29. The van der Waals surface area contributed by atoms with Crippen molar-refractivity contribution in [3.8, 4) is 0 Å². The highest BCUT2D eigenvalue weighted by Crippen LogP contribution is 2.09. The van der Waals surface area contributed by atoms with E-state index in [-0.39, 0.29) is 38.4 Å². The molecule has 0 aromatic carbocycles. The van der Waals surface area contributed by atoms with E-state index in [0.29, 0.717) is 12.8 Å². The molecule has 0 aromatic rings. The van der Waals surface area contributed by atoms with Gasteiger partial charge in [-0.25, -0.2) is 0 Å². The lowest BCUT2D eigenvalue weighted by Gasteiger charge is -2.18. The van der Waals surface area contributed by atoms with Crippen molar-refractivity contribution in [3.05, 3.63) is 182 Å². The number of carbonyl (C=O) groups is 3. The molecule has 0 saturated carbocycles. The molecule has 6 heteroatoms. The zero-order valence-corrected chi connectivity index (χ0v) is 37.6. The lowest BCUT2D eigenvalue weighted by molar-refractivity contribution is -0.166. The van der Waals surface area contributed by atoms with Crippen LogP contribution in [0.15, 0.2) is 182 Å². The van der Waals surface area contributed by atoms with Crippen molar-refractivity contribution < 1.29 is 28.6 Å². The average Bonchev–Trinajstić information content (AvgIpc) is 3.26. The summed E-state index contributed by atoms with van der Waals surface area (Å²) in [4.78, 5) is 37.7. The van der Waals surface area contributed by atoms with Gasteiger partial charge in [0.1, 0.15) is 13.2 Å². The third-order valence-corrected chi connectivity index (χ3v) is 8.24. The van der Waals surface area contributed by atoms with E-state index in [9.17, 15) is 14.4 Å². The minimum Gasteiger partial charge on any atom is -0.462 e. The van der Waals surface area contributed by atoms with Gasteiger partial charge >= 0.3 is 17.9 Å². The summed E-state index contributed by atoms with van der Waals surface area (Å²) < 4.78 is 16.5. The van der Waals surface area contributed by atoms with Crippen molar-refractivity contribution in [2.75, 3.05) is 13.2 Å². The number of esters is 3. The molecule has 0 N–H and O–H groups in total. The van der Waals surface area contributed by atoms with Crippen LogP contribution in [0.3, 0.4) is 0 Å². The highest BCUT2D eigenvalue weighted by Gasteiger charge is 2.19. The Morgan fingerprint density at radius 1 is 0.361 bits per heavy atom. The predicted octanol–water partition coefficient (Wildman–Crippen LogP) is 14.6. The van der Waals surface area contributed by atoms with Gasteiger partial charge in [0.25, 0.3) is 0 Å². The summed E-state index contributed by atoms with van der Waals surface area (Å²) in [5.74, 6) is -1.19. The number of unbranched alkanes of at least 4 members (excludes halogenated alkanes) is 6. The first-order chi connectivity index (χ1) is 30.0. The Labute approximate surface area is 370 Å². The van der Waals surface area contributed by atoms with Crippen molar-refractivity contribution in [1.29, 1.82) is 0 Å². The molecule has 0 aromatic heterocycles. The van der Waals surface area contributed by atoms with E-state index in [1.165, 1.54) is 0 Å². The fourth-order valence-corrected chi connectivity index (χ4v) is 4.97. The molecule has 0 rings (SSSR count). The van der Waals surface area contributed by atoms with Crippen LogP contribution in [0.2, 0.25) is 0 Å². The number of rotatable bonds is 36. The predicted molar refractivity (Wildman–Crippen MR) is 260 cm³/mol. The largest absolute Gasteiger partial charge is 0.462 e. The van der Waals surface area contributed by atoms with E-state index in [1.54, 1.807) is 6.08 Å². The van der Waals surface area contributed by atoms with Crippen LogP contribution in [0.4, 0.5) is 0 Å². The molecule has 0 aliphatic heterocycles. The molecule has 0 amide bonds. The molecular weight excluding hydrogens is 757 g/mol. The quantitative estimate of drug-likeness (QED) is 0.0206. The maximum Gasteiger partial charge on any atom is 0.309 e. The SMILES string of the molecule is CC\C=C/C=C\C=C/C=C\C=C/CCCCCC(=O)OC(COC(=O)C/C=C\C/C=C\C/C=C\CC)COC(=O)CCCCC\C=C/C=C\C=C\C=C/C=C\C=C/C=C\CC. The van der Waals surface area contributed by atoms with Crippen LogP contribution < -0.4 is 0 Å². The number of carbonyl (C=O) groups excluding carboxylic acids is 3. The van der Waals surface area contributed by atoms with E-state index >= 15 is 0 Å². The van der Waals surface area contributed by atoms with Crippen LogP contribution in [0.1, 0.15) is 124 Å². The van der Waals surface area contributed by atoms with E-state index in [2.05, 4.69) is 69.4 Å². The van der Waals surface area contributed by atoms with E-state index in [0.717, 1.165) is 70.6 Å². The first-order valence-electron chi connectivity index (χ1n) is 22.5. The van der Waals surface area contributed by atoms with Crippen LogP contribution in [0, 0.1) is 0 Å². The molecule has 0 bridgehead atoms. The first-order valence-corrected chi connectivity index (χ1v) is 22.5. The Kier molecular flexibility index (Phi) is 42.9. The second-order valence-electron chi connectivity index (χ2n) is 13.8. The Morgan fingerprint density at radius 3 is 1.16 bits per heavy atom. The topological polar surface area (TPSA) is 78.9 Å². The fraction of sp³-hybridized carbons (Fsp3) is 0.400. The highest BCUT2D eigenvalue weighted by atomic mass is 16.6. The molecule has 0 aliphatic carbocycles. The van der Waals surface area contributed by atoms with Gasteiger partial charge in [-0.1, -0.05) is 216 Å². The third kappa shape index (κ3) is 45.4. The summed E-state index contributed by atoms with van der Waals surface area (Å²) >= 11 is 0. The lowest BCUT2D eigenvalue weighted by Crippen LogP contribution is -2.30. The summed E-state index contributed by atoms with van der Waals surface area (Å²) in [6.45, 7) is 5.99. The standard InChI is InChI=1S/C55H76O6/c1-4-7-10-13-16-19-21-23-25-26-27-28-30-31-33-36-39-42-45-48-54(57)60-51-52(50-59-53(56)47-44-41-38-35-18-15-12-9-6-3)61-55(58)49-46-43-40-37-34-32-29-24-22-20-17-14-11-8-5-2/h7-14,16-35,41,44,52H,4-6,15,36-40,42-43,45-51H2,1-3H3/b10-7-,11-8-,12-9-,16-13-,17-14-,21-19-,22-20-,25-23-,27-26+,29-24-,30-28-,33-31-,34-32-,35-18-,44-41-. The van der Waals surface area contributed by atoms with Gasteiger partial charge in [-0.15, -0.1) is 0 Å². The molecule has 1 atom stereocenters. The molecule has 0 fully saturated rings. The summed E-state index contributed by atoms with van der Waals surface area (Å²) in [7, 11) is 0. The summed E-state index contributed by atoms with van der Waals surface area (Å²) in [6.07, 6.45) is 71.9. The van der Waals surface area contributed by atoms with Crippen LogP contribution in [0.25, 0.3) is 0 Å². The fourth-order valence-electron chi connectivity index (χ4n) is 4.97. The molecule has 0 saturated heterocycles. The molecular formula is C55H76O6. The molecule has 1 unspecified atom stereocenters. The maximum absolute atomic E-state index is 12.7. The molecule has 332 valence electrons. The minimum absolute atomic E-state index is 0.105. The van der Waals surface area contributed by atoms with Crippen molar-refractivity contribution >= 4 is 17.9 Å². The number of hydrogen-bond acceptors (Lipinski definition) is 6. The molecule has 0 spiro atoms. The van der Waals surface area contributed by atoms with Gasteiger partial charge in [-0.2, -0.15) is 0 Å². The second-order valence-corrected chi connectivity index (χ2v) is 13.8. The van der Waals surface area contributed by atoms with E-state index < -0.39 is 18.0 Å².